The summed E-state index contributed by atoms with van der Waals surface area (Å²) in [5.41, 5.74) is 2.53. The first kappa shape index (κ1) is 17.4. The molecule has 1 aromatic carbocycles. The van der Waals surface area contributed by atoms with E-state index in [1.54, 1.807) is 5.51 Å². The fourth-order valence-corrected chi connectivity index (χ4v) is 3.61. The van der Waals surface area contributed by atoms with Gasteiger partial charge in [0.1, 0.15) is 17.1 Å². The lowest BCUT2D eigenvalue weighted by Gasteiger charge is -2.24. The van der Waals surface area contributed by atoms with Crippen molar-refractivity contribution >= 4 is 28.2 Å². The number of amides is 1. The number of ether oxygens (including phenoxy) is 1. The minimum atomic E-state index is -0.0342. The molecule has 7 nitrogen and oxygen atoms in total. The van der Waals surface area contributed by atoms with Crippen molar-refractivity contribution in [3.05, 3.63) is 59.7 Å². The van der Waals surface area contributed by atoms with Crippen LogP contribution in [0, 0.1) is 0 Å². The number of nitrogens with one attached hydrogen (secondary N) is 1. The first-order chi connectivity index (χ1) is 13.3. The summed E-state index contributed by atoms with van der Waals surface area (Å²) in [6.45, 7) is 0.751. The molecule has 1 N–H and O–H groups in total. The molecule has 3 aromatic rings. The molecule has 0 saturated carbocycles. The number of carbonyl (C=O) groups is 1. The molecule has 1 aliphatic rings. The predicted octanol–water partition coefficient (Wildman–Crippen LogP) is 3.42. The second kappa shape index (κ2) is 8.13. The Kier molecular flexibility index (Phi) is 5.24. The minimum Gasteiger partial charge on any atom is -0.484 e. The van der Waals surface area contributed by atoms with Crippen molar-refractivity contribution in [2.24, 2.45) is 0 Å². The van der Waals surface area contributed by atoms with Crippen LogP contribution in [0.2, 0.25) is 0 Å². The molecule has 1 saturated heterocycles. The van der Waals surface area contributed by atoms with E-state index in [9.17, 15) is 4.79 Å². The summed E-state index contributed by atoms with van der Waals surface area (Å²) in [6.07, 6.45) is 1.85. The van der Waals surface area contributed by atoms with Gasteiger partial charge in [-0.25, -0.2) is 4.98 Å². The number of para-hydroxylation sites is 1. The third-order valence-corrected chi connectivity index (χ3v) is 4.99. The number of hydrogen-bond acceptors (Lipinski definition) is 7. The fourth-order valence-electron chi connectivity index (χ4n) is 3.16. The number of carbonyl (C=O) groups excluding carboxylic acids is 1. The highest BCUT2D eigenvalue weighted by Gasteiger charge is 2.31. The van der Waals surface area contributed by atoms with E-state index in [-0.39, 0.29) is 18.6 Å². The molecule has 1 unspecified atom stereocenters. The van der Waals surface area contributed by atoms with Crippen molar-refractivity contribution in [2.45, 2.75) is 18.9 Å². The average molecular weight is 381 g/mol. The molecule has 3 heterocycles. The number of benzene rings is 1. The van der Waals surface area contributed by atoms with Gasteiger partial charge in [-0.3, -0.25) is 4.79 Å². The summed E-state index contributed by atoms with van der Waals surface area (Å²) in [5, 5.41) is 11.6. The van der Waals surface area contributed by atoms with Gasteiger partial charge >= 0.3 is 0 Å². The second-order valence-electron chi connectivity index (χ2n) is 6.16. The minimum absolute atomic E-state index is 0.0226. The maximum absolute atomic E-state index is 12.7. The van der Waals surface area contributed by atoms with Crippen LogP contribution in [0.4, 0.5) is 10.9 Å². The van der Waals surface area contributed by atoms with Crippen LogP contribution in [0.1, 0.15) is 24.6 Å². The Bertz CT molecular complexity index is 888. The van der Waals surface area contributed by atoms with Crippen LogP contribution in [0.25, 0.3) is 0 Å². The normalized spacial score (nSPS) is 16.3. The summed E-state index contributed by atoms with van der Waals surface area (Å²) in [5.74, 6) is 1.37. The molecule has 0 aliphatic carbocycles. The zero-order valence-corrected chi connectivity index (χ0v) is 15.4. The van der Waals surface area contributed by atoms with Gasteiger partial charge in [-0.2, -0.15) is 0 Å². The molecule has 27 heavy (non-hydrogen) atoms. The van der Waals surface area contributed by atoms with Crippen LogP contribution < -0.4 is 10.1 Å². The lowest BCUT2D eigenvalue weighted by molar-refractivity contribution is -0.134. The average Bonchev–Trinajstić information content (AvgIpc) is 3.39. The SMILES string of the molecule is O=C(COc1ccccc1)N1CCCC1c1cccc(Nc2nncs2)n1. The zero-order valence-electron chi connectivity index (χ0n) is 14.6. The standard InChI is InChI=1S/C19H19N5O2S/c25-18(12-26-14-6-2-1-3-7-14)24-11-5-9-16(24)15-8-4-10-17(21-15)22-19-23-20-13-27-19/h1-4,6-8,10,13,16H,5,9,11-12H2,(H,21,22,23). The van der Waals surface area contributed by atoms with Crippen LogP contribution in [0.3, 0.4) is 0 Å². The van der Waals surface area contributed by atoms with Gasteiger partial charge in [-0.1, -0.05) is 35.6 Å². The molecule has 4 rings (SSSR count). The van der Waals surface area contributed by atoms with Gasteiger partial charge in [0.25, 0.3) is 5.91 Å². The number of pyridine rings is 1. The molecule has 1 amide bonds. The lowest BCUT2D eigenvalue weighted by atomic mass is 10.1. The Morgan fingerprint density at radius 1 is 1.22 bits per heavy atom. The van der Waals surface area contributed by atoms with E-state index in [1.807, 2.05) is 53.4 Å². The van der Waals surface area contributed by atoms with Crippen LogP contribution in [-0.4, -0.2) is 39.1 Å². The van der Waals surface area contributed by atoms with Gasteiger partial charge in [-0.15, -0.1) is 10.2 Å². The summed E-state index contributed by atoms with van der Waals surface area (Å²) in [7, 11) is 0. The van der Waals surface area contributed by atoms with Crippen molar-refractivity contribution in [3.63, 3.8) is 0 Å². The Morgan fingerprint density at radius 2 is 2.11 bits per heavy atom. The summed E-state index contributed by atoms with van der Waals surface area (Å²) >= 11 is 1.41. The van der Waals surface area contributed by atoms with Crippen molar-refractivity contribution in [1.82, 2.24) is 20.1 Å². The van der Waals surface area contributed by atoms with E-state index in [4.69, 9.17) is 4.74 Å². The van der Waals surface area contributed by atoms with Crippen LogP contribution in [-0.2, 0) is 4.79 Å². The molecule has 1 atom stereocenters. The van der Waals surface area contributed by atoms with Gasteiger partial charge in [0.05, 0.1) is 11.7 Å². The van der Waals surface area contributed by atoms with Crippen LogP contribution in [0.5, 0.6) is 5.75 Å². The quantitative estimate of drug-likeness (QED) is 0.705. The first-order valence-corrected chi connectivity index (χ1v) is 9.65. The van der Waals surface area contributed by atoms with E-state index in [2.05, 4.69) is 20.5 Å². The van der Waals surface area contributed by atoms with Crippen LogP contribution >= 0.6 is 11.3 Å². The molecule has 0 radical (unpaired) electrons. The second-order valence-corrected chi connectivity index (χ2v) is 7.00. The largest absolute Gasteiger partial charge is 0.484 e. The molecule has 0 bridgehead atoms. The van der Waals surface area contributed by atoms with Crippen LogP contribution in [0.15, 0.2) is 54.0 Å². The summed E-state index contributed by atoms with van der Waals surface area (Å²) in [4.78, 5) is 19.2. The number of rotatable bonds is 6. The fraction of sp³-hybridized carbons (Fsp3) is 0.263. The van der Waals surface area contributed by atoms with E-state index in [0.717, 1.165) is 25.1 Å². The maximum atomic E-state index is 12.7. The van der Waals surface area contributed by atoms with Crippen molar-refractivity contribution < 1.29 is 9.53 Å². The summed E-state index contributed by atoms with van der Waals surface area (Å²) in [6, 6.07) is 15.1. The first-order valence-electron chi connectivity index (χ1n) is 8.77. The zero-order chi connectivity index (χ0) is 18.5. The van der Waals surface area contributed by atoms with E-state index in [1.165, 1.54) is 11.3 Å². The molecule has 1 fully saturated rings. The Hall–Kier alpha value is -3.00. The predicted molar refractivity (Wildman–Crippen MR) is 103 cm³/mol. The lowest BCUT2D eigenvalue weighted by Crippen LogP contribution is -2.34. The number of likely N-dealkylation sites (tertiary alicyclic amines) is 1. The smallest absolute Gasteiger partial charge is 0.261 e. The number of hydrogen-bond donors (Lipinski definition) is 1. The molecular formula is C19H19N5O2S. The maximum Gasteiger partial charge on any atom is 0.261 e. The molecule has 0 spiro atoms. The molecule has 1 aliphatic heterocycles. The molecule has 8 heteroatoms. The van der Waals surface area contributed by atoms with Gasteiger partial charge in [-0.05, 0) is 37.1 Å². The van der Waals surface area contributed by atoms with Crippen molar-refractivity contribution in [3.8, 4) is 5.75 Å². The number of anilines is 2. The highest BCUT2D eigenvalue weighted by molar-refractivity contribution is 7.13. The van der Waals surface area contributed by atoms with Crippen molar-refractivity contribution in [2.75, 3.05) is 18.5 Å². The third-order valence-electron chi connectivity index (χ3n) is 4.39. The molecular weight excluding hydrogens is 362 g/mol. The number of nitrogens with zero attached hydrogens (tertiary/aromatic N) is 4. The highest BCUT2D eigenvalue weighted by atomic mass is 32.1. The van der Waals surface area contributed by atoms with Gasteiger partial charge in [0.2, 0.25) is 5.13 Å². The third kappa shape index (κ3) is 4.22. The Balaban J connectivity index is 1.44. The molecule has 2 aromatic heterocycles. The molecule has 138 valence electrons. The monoisotopic (exact) mass is 381 g/mol. The van der Waals surface area contributed by atoms with Gasteiger partial charge in [0.15, 0.2) is 6.61 Å². The Labute approximate surface area is 161 Å². The van der Waals surface area contributed by atoms with E-state index in [0.29, 0.717) is 16.7 Å². The Morgan fingerprint density at radius 3 is 2.93 bits per heavy atom. The highest BCUT2D eigenvalue weighted by Crippen LogP contribution is 2.32. The number of aromatic nitrogens is 3. The topological polar surface area (TPSA) is 80.2 Å². The van der Waals surface area contributed by atoms with Gasteiger partial charge in [0, 0.05) is 6.54 Å². The van der Waals surface area contributed by atoms with Crippen molar-refractivity contribution in [1.29, 1.82) is 0 Å². The van der Waals surface area contributed by atoms with E-state index < -0.39 is 0 Å². The summed E-state index contributed by atoms with van der Waals surface area (Å²) < 4.78 is 5.62. The van der Waals surface area contributed by atoms with E-state index >= 15 is 0 Å². The van der Waals surface area contributed by atoms with Gasteiger partial charge < -0.3 is 15.0 Å².